The molecule has 2 aliphatic rings. The van der Waals surface area contributed by atoms with Crippen molar-refractivity contribution in [2.75, 3.05) is 0 Å². The minimum atomic E-state index is -0.223. The third-order valence-electron chi connectivity index (χ3n) is 3.26. The summed E-state index contributed by atoms with van der Waals surface area (Å²) in [6.07, 6.45) is 6.22. The average Bonchev–Trinajstić information content (AvgIpc) is 2.99. The molecule has 0 radical (unpaired) electrons. The Kier molecular flexibility index (Phi) is 1.54. The van der Waals surface area contributed by atoms with Gasteiger partial charge in [0.2, 0.25) is 0 Å². The van der Waals surface area contributed by atoms with Gasteiger partial charge >= 0.3 is 5.69 Å². The number of hydrogen-bond acceptors (Lipinski definition) is 2. The van der Waals surface area contributed by atoms with Gasteiger partial charge in [0, 0.05) is 11.7 Å². The summed E-state index contributed by atoms with van der Waals surface area (Å²) in [5, 5.41) is 9.62. The number of fused-ring (bicyclic) bond motifs is 1. The van der Waals surface area contributed by atoms with Crippen molar-refractivity contribution in [2.24, 2.45) is 0 Å². The van der Waals surface area contributed by atoms with Crippen LogP contribution in [0.1, 0.15) is 43.1 Å². The van der Waals surface area contributed by atoms with Crippen molar-refractivity contribution in [3.05, 3.63) is 21.9 Å². The summed E-state index contributed by atoms with van der Waals surface area (Å²) in [6, 6.07) is 0.378. The third kappa shape index (κ3) is 0.966. The van der Waals surface area contributed by atoms with E-state index in [0.717, 1.165) is 54.6 Å². The molecule has 3 rings (SSSR count). The lowest BCUT2D eigenvalue weighted by molar-refractivity contribution is 0.163. The van der Waals surface area contributed by atoms with E-state index in [4.69, 9.17) is 0 Å². The van der Waals surface area contributed by atoms with Gasteiger partial charge < -0.3 is 5.21 Å². The Morgan fingerprint density at radius 1 is 1.14 bits per heavy atom. The van der Waals surface area contributed by atoms with Gasteiger partial charge in [-0.2, -0.15) is 0 Å². The summed E-state index contributed by atoms with van der Waals surface area (Å²) in [5.41, 5.74) is 1.72. The van der Waals surface area contributed by atoms with Crippen LogP contribution in [0.3, 0.4) is 0 Å². The van der Waals surface area contributed by atoms with Gasteiger partial charge in [-0.25, -0.2) is 4.79 Å². The Morgan fingerprint density at radius 3 is 2.43 bits per heavy atom. The van der Waals surface area contributed by atoms with Crippen LogP contribution in [0.5, 0.6) is 0 Å². The molecule has 1 aromatic heterocycles. The highest BCUT2D eigenvalue weighted by atomic mass is 16.5. The SMILES string of the molecule is O=c1n(O)c2c(n1C1CC1)CCCC2. The summed E-state index contributed by atoms with van der Waals surface area (Å²) in [6.45, 7) is 0. The number of aromatic nitrogens is 2. The van der Waals surface area contributed by atoms with Crippen molar-refractivity contribution in [2.45, 2.75) is 44.6 Å². The lowest BCUT2D eigenvalue weighted by Crippen LogP contribution is -2.23. The molecule has 0 atom stereocenters. The zero-order chi connectivity index (χ0) is 9.71. The summed E-state index contributed by atoms with van der Waals surface area (Å²) >= 11 is 0. The van der Waals surface area contributed by atoms with E-state index in [0.29, 0.717) is 6.04 Å². The second-order valence-electron chi connectivity index (χ2n) is 4.30. The van der Waals surface area contributed by atoms with E-state index in [1.54, 1.807) is 0 Å². The van der Waals surface area contributed by atoms with Crippen molar-refractivity contribution in [3.8, 4) is 0 Å². The second-order valence-corrected chi connectivity index (χ2v) is 4.30. The molecule has 76 valence electrons. The molecule has 1 saturated carbocycles. The fourth-order valence-electron chi connectivity index (χ4n) is 2.40. The number of hydrogen-bond donors (Lipinski definition) is 1. The predicted octanol–water partition coefficient (Wildman–Crippen LogP) is 1.10. The predicted molar refractivity (Wildman–Crippen MR) is 50.8 cm³/mol. The van der Waals surface area contributed by atoms with Gasteiger partial charge in [0.1, 0.15) is 0 Å². The van der Waals surface area contributed by atoms with E-state index < -0.39 is 0 Å². The molecular weight excluding hydrogens is 180 g/mol. The number of imidazole rings is 1. The van der Waals surface area contributed by atoms with Crippen LogP contribution in [0.25, 0.3) is 0 Å². The lowest BCUT2D eigenvalue weighted by atomic mass is 10.0. The molecule has 0 unspecified atom stereocenters. The van der Waals surface area contributed by atoms with Crippen LogP contribution in [-0.4, -0.2) is 14.5 Å². The minimum Gasteiger partial charge on any atom is -0.424 e. The molecule has 1 aromatic rings. The fraction of sp³-hybridized carbons (Fsp3) is 0.700. The van der Waals surface area contributed by atoms with E-state index in [2.05, 4.69) is 0 Å². The van der Waals surface area contributed by atoms with Gasteiger partial charge in [-0.1, -0.05) is 0 Å². The van der Waals surface area contributed by atoms with Crippen LogP contribution in [-0.2, 0) is 12.8 Å². The highest BCUT2D eigenvalue weighted by Gasteiger charge is 2.32. The molecule has 0 bridgehead atoms. The van der Waals surface area contributed by atoms with Crippen LogP contribution in [0.4, 0.5) is 0 Å². The monoisotopic (exact) mass is 194 g/mol. The van der Waals surface area contributed by atoms with Gasteiger partial charge in [-0.15, -0.1) is 4.73 Å². The Balaban J connectivity index is 2.22. The standard InChI is InChI=1S/C10H14N2O2/c13-10-11(7-5-6-7)8-3-1-2-4-9(8)12(10)14/h7,14H,1-6H2. The Hall–Kier alpha value is -1.19. The topological polar surface area (TPSA) is 47.2 Å². The van der Waals surface area contributed by atoms with E-state index in [1.807, 2.05) is 4.57 Å². The Bertz CT molecular complexity index is 426. The molecule has 0 spiro atoms. The molecular formula is C10H14N2O2. The number of nitrogens with zero attached hydrogens (tertiary/aromatic N) is 2. The van der Waals surface area contributed by atoms with Gasteiger partial charge in [-0.05, 0) is 38.5 Å². The average molecular weight is 194 g/mol. The number of rotatable bonds is 1. The maximum Gasteiger partial charge on any atom is 0.361 e. The van der Waals surface area contributed by atoms with Crippen LogP contribution >= 0.6 is 0 Å². The van der Waals surface area contributed by atoms with Crippen LogP contribution < -0.4 is 5.69 Å². The van der Waals surface area contributed by atoms with Crippen molar-refractivity contribution in [3.63, 3.8) is 0 Å². The maximum absolute atomic E-state index is 11.7. The van der Waals surface area contributed by atoms with Crippen LogP contribution in [0.2, 0.25) is 0 Å². The summed E-state index contributed by atoms with van der Waals surface area (Å²) in [7, 11) is 0. The van der Waals surface area contributed by atoms with Gasteiger partial charge in [-0.3, -0.25) is 4.57 Å². The molecule has 1 heterocycles. The zero-order valence-electron chi connectivity index (χ0n) is 8.07. The molecule has 14 heavy (non-hydrogen) atoms. The fourth-order valence-corrected chi connectivity index (χ4v) is 2.40. The normalized spacial score (nSPS) is 20.9. The van der Waals surface area contributed by atoms with Gasteiger partial charge in [0.25, 0.3) is 0 Å². The minimum absolute atomic E-state index is 0.223. The summed E-state index contributed by atoms with van der Waals surface area (Å²) in [5.74, 6) is 0. The highest BCUT2D eigenvalue weighted by molar-refractivity contribution is 5.19. The molecule has 1 fully saturated rings. The first-order valence-electron chi connectivity index (χ1n) is 5.33. The van der Waals surface area contributed by atoms with E-state index >= 15 is 0 Å². The molecule has 0 aliphatic heterocycles. The van der Waals surface area contributed by atoms with Crippen molar-refractivity contribution in [1.29, 1.82) is 0 Å². The maximum atomic E-state index is 11.7. The van der Waals surface area contributed by atoms with Crippen LogP contribution in [0, 0.1) is 0 Å². The van der Waals surface area contributed by atoms with Gasteiger partial charge in [0.05, 0.1) is 5.69 Å². The third-order valence-corrected chi connectivity index (χ3v) is 3.26. The lowest BCUT2D eigenvalue weighted by Gasteiger charge is -2.12. The Labute approximate surface area is 81.7 Å². The molecule has 2 aliphatic carbocycles. The second kappa shape index (κ2) is 2.65. The van der Waals surface area contributed by atoms with E-state index in [1.165, 1.54) is 0 Å². The summed E-state index contributed by atoms with van der Waals surface area (Å²) in [4.78, 5) is 11.7. The molecule has 4 heteroatoms. The van der Waals surface area contributed by atoms with E-state index in [9.17, 15) is 10.0 Å². The first-order chi connectivity index (χ1) is 6.79. The zero-order valence-corrected chi connectivity index (χ0v) is 8.07. The van der Waals surface area contributed by atoms with Crippen molar-refractivity contribution in [1.82, 2.24) is 9.30 Å². The van der Waals surface area contributed by atoms with Gasteiger partial charge in [0.15, 0.2) is 0 Å². The smallest absolute Gasteiger partial charge is 0.361 e. The Morgan fingerprint density at radius 2 is 1.79 bits per heavy atom. The van der Waals surface area contributed by atoms with Crippen molar-refractivity contribution >= 4 is 0 Å². The quantitative estimate of drug-likeness (QED) is 0.680. The molecule has 0 amide bonds. The first-order valence-corrected chi connectivity index (χ1v) is 5.33. The summed E-state index contributed by atoms with van der Waals surface area (Å²) < 4.78 is 2.68. The van der Waals surface area contributed by atoms with E-state index in [-0.39, 0.29) is 5.69 Å². The highest BCUT2D eigenvalue weighted by Crippen LogP contribution is 2.36. The molecule has 0 aromatic carbocycles. The van der Waals surface area contributed by atoms with Crippen LogP contribution in [0.15, 0.2) is 4.79 Å². The first kappa shape index (κ1) is 8.15. The molecule has 1 N–H and O–H groups in total. The molecule has 4 nitrogen and oxygen atoms in total. The van der Waals surface area contributed by atoms with Crippen molar-refractivity contribution < 1.29 is 5.21 Å². The largest absolute Gasteiger partial charge is 0.424 e. The molecule has 0 saturated heterocycles.